The number of carbonyl (C=O) groups excluding carboxylic acids is 1. The molecule has 1 amide bonds. The molecule has 16 heavy (non-hydrogen) atoms. The molecule has 0 aliphatic carbocycles. The third-order valence-corrected chi connectivity index (χ3v) is 4.55. The number of nitrogens with zero attached hydrogens (tertiary/aromatic N) is 1. The average Bonchev–Trinajstić information content (AvgIpc) is 2.23. The smallest absolute Gasteiger partial charge is 0.240 e. The number of anilines is 1. The molecule has 5 heteroatoms. The Morgan fingerprint density at radius 2 is 2.06 bits per heavy atom. The van der Waals surface area contributed by atoms with Crippen molar-refractivity contribution in [1.29, 1.82) is 0 Å². The van der Waals surface area contributed by atoms with E-state index in [4.69, 9.17) is 0 Å². The van der Waals surface area contributed by atoms with Crippen LogP contribution in [0.2, 0.25) is 0 Å². The van der Waals surface area contributed by atoms with E-state index in [-0.39, 0.29) is 10.7 Å². The van der Waals surface area contributed by atoms with Crippen molar-refractivity contribution < 1.29 is 4.79 Å². The van der Waals surface area contributed by atoms with Crippen LogP contribution in [0.25, 0.3) is 0 Å². The van der Waals surface area contributed by atoms with Gasteiger partial charge in [-0.05, 0) is 47.0 Å². The van der Waals surface area contributed by atoms with Gasteiger partial charge in [-0.2, -0.15) is 0 Å². The van der Waals surface area contributed by atoms with E-state index in [1.165, 1.54) is 0 Å². The molecule has 1 aliphatic heterocycles. The Morgan fingerprint density at radius 1 is 1.31 bits per heavy atom. The lowest BCUT2D eigenvalue weighted by Gasteiger charge is -2.30. The highest BCUT2D eigenvalue weighted by molar-refractivity contribution is 9.11. The number of hydrogen-bond donors (Lipinski definition) is 0. The molecule has 1 aliphatic rings. The quantitative estimate of drug-likeness (QED) is 0.637. The predicted molar refractivity (Wildman–Crippen MR) is 76.1 cm³/mol. The van der Waals surface area contributed by atoms with Gasteiger partial charge in [0.05, 0.1) is 10.5 Å². The lowest BCUT2D eigenvalue weighted by molar-refractivity contribution is -0.118. The highest BCUT2D eigenvalue weighted by Gasteiger charge is 2.28. The van der Waals surface area contributed by atoms with E-state index in [1.54, 1.807) is 0 Å². The Labute approximate surface area is 120 Å². The Hall–Kier alpha value is 0.130. The number of rotatable bonds is 1. The number of carbonyl (C=O) groups is 1. The highest BCUT2D eigenvalue weighted by Crippen LogP contribution is 2.32. The van der Waals surface area contributed by atoms with Crippen LogP contribution < -0.4 is 4.90 Å². The third-order valence-electron chi connectivity index (χ3n) is 2.57. The van der Waals surface area contributed by atoms with Gasteiger partial charge >= 0.3 is 0 Å². The van der Waals surface area contributed by atoms with Crippen LogP contribution in [0.4, 0.5) is 5.69 Å². The summed E-state index contributed by atoms with van der Waals surface area (Å²) in [7, 11) is 0. The molecule has 1 fully saturated rings. The van der Waals surface area contributed by atoms with Gasteiger partial charge in [-0.15, -0.1) is 0 Å². The lowest BCUT2D eigenvalue weighted by Crippen LogP contribution is -2.41. The minimum atomic E-state index is -0.0446. The van der Waals surface area contributed by atoms with Gasteiger partial charge in [0.25, 0.3) is 0 Å². The number of halogens is 3. The van der Waals surface area contributed by atoms with Crippen LogP contribution in [0.3, 0.4) is 0 Å². The molecule has 0 radical (unpaired) electrons. The molecule has 86 valence electrons. The van der Waals surface area contributed by atoms with Crippen molar-refractivity contribution in [2.75, 3.05) is 11.4 Å². The van der Waals surface area contributed by atoms with Crippen molar-refractivity contribution in [1.82, 2.24) is 0 Å². The minimum absolute atomic E-state index is 0.0446. The van der Waals surface area contributed by atoms with Crippen LogP contribution in [-0.4, -0.2) is 17.3 Å². The number of amides is 1. The average molecular weight is 412 g/mol. The largest absolute Gasteiger partial charge is 0.310 e. The van der Waals surface area contributed by atoms with Crippen LogP contribution in [0.5, 0.6) is 0 Å². The molecule has 1 aromatic rings. The second-order valence-electron chi connectivity index (χ2n) is 3.70. The summed E-state index contributed by atoms with van der Waals surface area (Å²) in [6, 6.07) is 5.86. The first kappa shape index (κ1) is 12.6. The van der Waals surface area contributed by atoms with E-state index in [1.807, 2.05) is 23.1 Å². The van der Waals surface area contributed by atoms with Crippen molar-refractivity contribution in [3.8, 4) is 0 Å². The normalized spacial score (nSPS) is 21.3. The molecule has 1 atom stereocenters. The van der Waals surface area contributed by atoms with Gasteiger partial charge in [-0.1, -0.05) is 31.9 Å². The monoisotopic (exact) mass is 409 g/mol. The second-order valence-corrected chi connectivity index (χ2v) is 6.57. The number of alkyl halides is 1. The van der Waals surface area contributed by atoms with Crippen LogP contribution in [-0.2, 0) is 4.79 Å². The summed E-state index contributed by atoms with van der Waals surface area (Å²) in [4.78, 5) is 13.8. The van der Waals surface area contributed by atoms with Crippen LogP contribution in [0.1, 0.15) is 12.8 Å². The molecule has 2 nitrogen and oxygen atoms in total. The zero-order valence-corrected chi connectivity index (χ0v) is 13.2. The minimum Gasteiger partial charge on any atom is -0.310 e. The maximum Gasteiger partial charge on any atom is 0.240 e. The van der Waals surface area contributed by atoms with E-state index >= 15 is 0 Å². The van der Waals surface area contributed by atoms with Gasteiger partial charge < -0.3 is 4.90 Å². The SMILES string of the molecule is O=C1C(Br)CCCN1c1ccc(Br)cc1Br. The molecular formula is C11H10Br3NO. The van der Waals surface area contributed by atoms with Crippen LogP contribution >= 0.6 is 47.8 Å². The Bertz CT molecular complexity index is 422. The fourth-order valence-corrected chi connectivity index (χ4v) is 3.60. The molecule has 0 spiro atoms. The standard InChI is InChI=1S/C11H10Br3NO/c12-7-3-4-10(9(14)6-7)15-5-1-2-8(13)11(15)16/h3-4,6,8H,1-2,5H2. The summed E-state index contributed by atoms with van der Waals surface area (Å²) in [5.41, 5.74) is 0.942. The van der Waals surface area contributed by atoms with Gasteiger partial charge in [0.2, 0.25) is 5.91 Å². The first-order valence-corrected chi connectivity index (χ1v) is 7.50. The van der Waals surface area contributed by atoms with E-state index in [0.717, 1.165) is 34.0 Å². The predicted octanol–water partition coefficient (Wildman–Crippen LogP) is 4.10. The first-order chi connectivity index (χ1) is 7.59. The van der Waals surface area contributed by atoms with Gasteiger partial charge in [-0.25, -0.2) is 0 Å². The Morgan fingerprint density at radius 3 is 2.75 bits per heavy atom. The maximum absolute atomic E-state index is 12.0. The van der Waals surface area contributed by atoms with Gasteiger partial charge in [0.15, 0.2) is 0 Å². The second kappa shape index (κ2) is 5.19. The molecular weight excluding hydrogens is 402 g/mol. The van der Waals surface area contributed by atoms with Gasteiger partial charge in [-0.3, -0.25) is 4.79 Å². The van der Waals surface area contributed by atoms with Crippen molar-refractivity contribution >= 4 is 59.4 Å². The first-order valence-electron chi connectivity index (χ1n) is 5.00. The van der Waals surface area contributed by atoms with Crippen molar-refractivity contribution in [2.24, 2.45) is 0 Å². The van der Waals surface area contributed by atoms with Crippen molar-refractivity contribution in [2.45, 2.75) is 17.7 Å². The zero-order chi connectivity index (χ0) is 11.7. The fraction of sp³-hybridized carbons (Fsp3) is 0.364. The summed E-state index contributed by atoms with van der Waals surface area (Å²) >= 11 is 10.3. The van der Waals surface area contributed by atoms with Crippen LogP contribution in [0, 0.1) is 0 Å². The summed E-state index contributed by atoms with van der Waals surface area (Å²) < 4.78 is 1.94. The number of benzene rings is 1. The van der Waals surface area contributed by atoms with Gasteiger partial charge in [0, 0.05) is 15.5 Å². The maximum atomic E-state index is 12.0. The van der Waals surface area contributed by atoms with E-state index in [9.17, 15) is 4.79 Å². The molecule has 0 aromatic heterocycles. The summed E-state index contributed by atoms with van der Waals surface area (Å²) in [5, 5.41) is 0. The Balaban J connectivity index is 2.32. The molecule has 1 saturated heterocycles. The van der Waals surface area contributed by atoms with E-state index in [2.05, 4.69) is 47.8 Å². The van der Waals surface area contributed by atoms with Gasteiger partial charge in [0.1, 0.15) is 0 Å². The molecule has 0 bridgehead atoms. The number of hydrogen-bond acceptors (Lipinski definition) is 1. The molecule has 0 saturated carbocycles. The van der Waals surface area contributed by atoms with E-state index < -0.39 is 0 Å². The topological polar surface area (TPSA) is 20.3 Å². The molecule has 1 aromatic carbocycles. The third kappa shape index (κ3) is 2.51. The van der Waals surface area contributed by atoms with Crippen molar-refractivity contribution in [3.05, 3.63) is 27.1 Å². The molecule has 0 N–H and O–H groups in total. The number of piperidine rings is 1. The highest BCUT2D eigenvalue weighted by atomic mass is 79.9. The molecule has 1 unspecified atom stereocenters. The summed E-state index contributed by atoms with van der Waals surface area (Å²) in [6.45, 7) is 0.793. The Kier molecular flexibility index (Phi) is 4.08. The summed E-state index contributed by atoms with van der Waals surface area (Å²) in [5.74, 6) is 0.147. The zero-order valence-electron chi connectivity index (χ0n) is 8.42. The molecule has 1 heterocycles. The van der Waals surface area contributed by atoms with E-state index in [0.29, 0.717) is 0 Å². The molecule has 2 rings (SSSR count). The fourth-order valence-electron chi connectivity index (χ4n) is 1.77. The lowest BCUT2D eigenvalue weighted by atomic mass is 10.1. The summed E-state index contributed by atoms with van der Waals surface area (Å²) in [6.07, 6.45) is 1.95. The van der Waals surface area contributed by atoms with Crippen molar-refractivity contribution in [3.63, 3.8) is 0 Å². The van der Waals surface area contributed by atoms with Crippen LogP contribution in [0.15, 0.2) is 27.1 Å².